The molecule has 2 N–H and O–H groups in total. The molecule has 0 saturated heterocycles. The van der Waals surface area contributed by atoms with Crippen LogP contribution < -0.4 is 14.8 Å². The maximum absolute atomic E-state index is 12.1. The van der Waals surface area contributed by atoms with Gasteiger partial charge < -0.3 is 10.1 Å². The van der Waals surface area contributed by atoms with E-state index in [1.165, 1.54) is 0 Å². The Kier molecular flexibility index (Phi) is 6.51. The van der Waals surface area contributed by atoms with Gasteiger partial charge in [-0.2, -0.15) is 0 Å². The predicted octanol–water partition coefficient (Wildman–Crippen LogP) is 2.56. The fraction of sp³-hybridized carbons (Fsp3) is 0.562. The Labute approximate surface area is 150 Å². The van der Waals surface area contributed by atoms with Crippen molar-refractivity contribution in [1.29, 1.82) is 0 Å². The number of halogens is 3. The third kappa shape index (κ3) is 6.49. The smallest absolute Gasteiger partial charge is 0.406 e. The lowest BCUT2D eigenvalue weighted by atomic mass is 9.87. The Hall–Kier alpha value is -1.81. The van der Waals surface area contributed by atoms with E-state index in [1.807, 2.05) is 0 Å². The fourth-order valence-electron chi connectivity index (χ4n) is 2.75. The van der Waals surface area contributed by atoms with Crippen LogP contribution in [0.3, 0.4) is 0 Å². The van der Waals surface area contributed by atoms with E-state index in [0.29, 0.717) is 5.92 Å². The summed E-state index contributed by atoms with van der Waals surface area (Å²) in [7, 11) is -4.01. The van der Waals surface area contributed by atoms with Crippen LogP contribution in [0.2, 0.25) is 0 Å². The van der Waals surface area contributed by atoms with Crippen LogP contribution in [0.15, 0.2) is 29.2 Å². The molecule has 0 aromatic heterocycles. The van der Waals surface area contributed by atoms with Gasteiger partial charge in [-0.1, -0.05) is 6.92 Å². The average Bonchev–Trinajstić information content (AvgIpc) is 2.54. The molecule has 1 saturated carbocycles. The minimum atomic E-state index is -4.85. The summed E-state index contributed by atoms with van der Waals surface area (Å²) >= 11 is 0. The lowest BCUT2D eigenvalue weighted by Crippen LogP contribution is -2.43. The van der Waals surface area contributed by atoms with Gasteiger partial charge in [0.1, 0.15) is 5.75 Å². The molecule has 1 amide bonds. The molecule has 1 aromatic rings. The molecule has 0 radical (unpaired) electrons. The van der Waals surface area contributed by atoms with E-state index in [9.17, 15) is 26.4 Å². The van der Waals surface area contributed by atoms with E-state index >= 15 is 0 Å². The monoisotopic (exact) mass is 394 g/mol. The average molecular weight is 394 g/mol. The molecule has 1 aliphatic carbocycles. The van der Waals surface area contributed by atoms with E-state index in [1.54, 1.807) is 0 Å². The summed E-state index contributed by atoms with van der Waals surface area (Å²) in [4.78, 5) is 11.6. The largest absolute Gasteiger partial charge is 0.573 e. The molecule has 6 nitrogen and oxygen atoms in total. The Bertz CT molecular complexity index is 712. The SMILES string of the molecule is CC1CCC(NC(=O)CNS(=O)(=O)c2ccc(OC(F)(F)F)cc2)CC1. The number of rotatable bonds is 6. The van der Waals surface area contributed by atoms with E-state index in [0.717, 1.165) is 49.9 Å². The van der Waals surface area contributed by atoms with Crippen LogP contribution >= 0.6 is 0 Å². The number of carbonyl (C=O) groups excluding carboxylic acids is 1. The van der Waals surface area contributed by atoms with Crippen molar-refractivity contribution in [2.24, 2.45) is 5.92 Å². The third-order valence-corrected chi connectivity index (χ3v) is 5.59. The summed E-state index contributed by atoms with van der Waals surface area (Å²) in [6.07, 6.45) is -1.10. The van der Waals surface area contributed by atoms with Crippen molar-refractivity contribution in [3.8, 4) is 5.75 Å². The zero-order chi connectivity index (χ0) is 19.4. The standard InChI is InChI=1S/C16H21F3N2O4S/c1-11-2-4-12(5-3-11)21-15(22)10-20-26(23,24)14-8-6-13(7-9-14)25-16(17,18)19/h6-9,11-12,20H,2-5,10H2,1H3,(H,21,22). The molecule has 0 spiro atoms. The summed E-state index contributed by atoms with van der Waals surface area (Å²) in [5, 5.41) is 2.79. The van der Waals surface area contributed by atoms with Crippen molar-refractivity contribution in [1.82, 2.24) is 10.0 Å². The van der Waals surface area contributed by atoms with Gasteiger partial charge >= 0.3 is 6.36 Å². The number of carbonyl (C=O) groups is 1. The second-order valence-corrected chi connectivity index (χ2v) is 8.14. The van der Waals surface area contributed by atoms with E-state index in [2.05, 4.69) is 21.7 Å². The number of amides is 1. The van der Waals surface area contributed by atoms with Gasteiger partial charge in [-0.05, 0) is 55.9 Å². The molecule has 0 bridgehead atoms. The molecule has 1 fully saturated rings. The van der Waals surface area contributed by atoms with Gasteiger partial charge in [-0.25, -0.2) is 13.1 Å². The van der Waals surface area contributed by atoms with Gasteiger partial charge in [0.2, 0.25) is 15.9 Å². The molecule has 2 rings (SSSR count). The van der Waals surface area contributed by atoms with Crippen molar-refractivity contribution in [3.05, 3.63) is 24.3 Å². The maximum atomic E-state index is 12.1. The Morgan fingerprint density at radius 2 is 1.73 bits per heavy atom. The van der Waals surface area contributed by atoms with Crippen LogP contribution in [-0.4, -0.2) is 33.3 Å². The number of sulfonamides is 1. The van der Waals surface area contributed by atoms with Crippen LogP contribution in [-0.2, 0) is 14.8 Å². The molecule has 1 aliphatic rings. The second kappa shape index (κ2) is 8.26. The first-order valence-corrected chi connectivity index (χ1v) is 9.68. The molecule has 0 heterocycles. The molecule has 26 heavy (non-hydrogen) atoms. The Morgan fingerprint density at radius 3 is 2.27 bits per heavy atom. The van der Waals surface area contributed by atoms with Crippen LogP contribution in [0.5, 0.6) is 5.75 Å². The second-order valence-electron chi connectivity index (χ2n) is 6.37. The lowest BCUT2D eigenvalue weighted by Gasteiger charge is -2.26. The summed E-state index contributed by atoms with van der Waals surface area (Å²) in [6, 6.07) is 3.78. The van der Waals surface area contributed by atoms with Gasteiger partial charge in [0, 0.05) is 6.04 Å². The molecular formula is C16H21F3N2O4S. The summed E-state index contributed by atoms with van der Waals surface area (Å²) in [5.74, 6) is -0.336. The van der Waals surface area contributed by atoms with Crippen molar-refractivity contribution in [3.63, 3.8) is 0 Å². The van der Waals surface area contributed by atoms with E-state index in [4.69, 9.17) is 0 Å². The first-order chi connectivity index (χ1) is 12.0. The highest BCUT2D eigenvalue weighted by Gasteiger charge is 2.31. The fourth-order valence-corrected chi connectivity index (χ4v) is 3.73. The molecule has 0 atom stereocenters. The van der Waals surface area contributed by atoms with Crippen molar-refractivity contribution >= 4 is 15.9 Å². The molecule has 146 valence electrons. The van der Waals surface area contributed by atoms with Crippen LogP contribution in [0.4, 0.5) is 13.2 Å². The highest BCUT2D eigenvalue weighted by Crippen LogP contribution is 2.24. The minimum absolute atomic E-state index is 0.0435. The van der Waals surface area contributed by atoms with Crippen molar-refractivity contribution < 1.29 is 31.1 Å². The van der Waals surface area contributed by atoms with Gasteiger partial charge in [0.05, 0.1) is 11.4 Å². The highest BCUT2D eigenvalue weighted by molar-refractivity contribution is 7.89. The molecule has 10 heteroatoms. The lowest BCUT2D eigenvalue weighted by molar-refractivity contribution is -0.274. The summed E-state index contributed by atoms with van der Waals surface area (Å²) in [6.45, 7) is 1.71. The van der Waals surface area contributed by atoms with Crippen molar-refractivity contribution in [2.45, 2.75) is 49.9 Å². The van der Waals surface area contributed by atoms with Gasteiger partial charge in [-0.3, -0.25) is 4.79 Å². The number of hydrogen-bond donors (Lipinski definition) is 2. The van der Waals surface area contributed by atoms with Gasteiger partial charge in [0.15, 0.2) is 0 Å². The molecule has 1 aromatic carbocycles. The van der Waals surface area contributed by atoms with E-state index in [-0.39, 0.29) is 10.9 Å². The quantitative estimate of drug-likeness (QED) is 0.777. The molecule has 0 unspecified atom stereocenters. The normalized spacial score (nSPS) is 21.2. The maximum Gasteiger partial charge on any atom is 0.573 e. The molecule has 0 aliphatic heterocycles. The zero-order valence-corrected chi connectivity index (χ0v) is 15.0. The third-order valence-electron chi connectivity index (χ3n) is 4.17. The Morgan fingerprint density at radius 1 is 1.15 bits per heavy atom. The topological polar surface area (TPSA) is 84.5 Å². The van der Waals surface area contributed by atoms with Crippen LogP contribution in [0.25, 0.3) is 0 Å². The minimum Gasteiger partial charge on any atom is -0.406 e. The number of benzene rings is 1. The first kappa shape index (κ1) is 20.5. The van der Waals surface area contributed by atoms with E-state index < -0.39 is 34.6 Å². The number of ether oxygens (including phenoxy) is 1. The Balaban J connectivity index is 1.86. The van der Waals surface area contributed by atoms with Gasteiger partial charge in [-0.15, -0.1) is 13.2 Å². The summed E-state index contributed by atoms with van der Waals surface area (Å²) < 4.78 is 66.4. The highest BCUT2D eigenvalue weighted by atomic mass is 32.2. The van der Waals surface area contributed by atoms with Crippen LogP contribution in [0.1, 0.15) is 32.6 Å². The van der Waals surface area contributed by atoms with Crippen LogP contribution in [0, 0.1) is 5.92 Å². The van der Waals surface area contributed by atoms with Crippen molar-refractivity contribution in [2.75, 3.05) is 6.54 Å². The summed E-state index contributed by atoms with van der Waals surface area (Å²) in [5.41, 5.74) is 0. The zero-order valence-electron chi connectivity index (χ0n) is 14.2. The van der Waals surface area contributed by atoms with Gasteiger partial charge in [0.25, 0.3) is 0 Å². The first-order valence-electron chi connectivity index (χ1n) is 8.20. The predicted molar refractivity (Wildman–Crippen MR) is 87.9 cm³/mol. The number of hydrogen-bond acceptors (Lipinski definition) is 4. The number of nitrogens with one attached hydrogen (secondary N) is 2. The molecular weight excluding hydrogens is 373 g/mol. The number of alkyl halides is 3.